The Labute approximate surface area is 88.2 Å². The SMILES string of the molecule is COS(CCCNCCN)(OC)OC. The molecule has 5 nitrogen and oxygen atoms in total. The van der Waals surface area contributed by atoms with Crippen molar-refractivity contribution in [1.82, 2.24) is 5.32 Å². The van der Waals surface area contributed by atoms with Gasteiger partial charge < -0.3 is 11.1 Å². The molecule has 3 N–H and O–H groups in total. The molecule has 0 aliphatic carbocycles. The topological polar surface area (TPSA) is 65.7 Å². The van der Waals surface area contributed by atoms with Crippen LogP contribution in [-0.2, 0) is 12.5 Å². The number of hydrogen-bond donors (Lipinski definition) is 2. The predicted octanol–water partition coefficient (Wildman–Crippen LogP) is 0.414. The number of hydrogen-bond acceptors (Lipinski definition) is 5. The van der Waals surface area contributed by atoms with E-state index in [1.54, 1.807) is 21.3 Å². The second-order valence-corrected chi connectivity index (χ2v) is 5.18. The molecule has 0 aromatic heterocycles. The van der Waals surface area contributed by atoms with Gasteiger partial charge in [0.2, 0.25) is 0 Å². The van der Waals surface area contributed by atoms with Gasteiger partial charge in [-0.2, -0.15) is 0 Å². The van der Waals surface area contributed by atoms with Gasteiger partial charge >= 0.3 is 0 Å². The molecule has 0 saturated carbocycles. The normalized spacial score (nSPS) is 13.1. The molecule has 14 heavy (non-hydrogen) atoms. The maximum atomic E-state index is 5.34. The van der Waals surface area contributed by atoms with Crippen LogP contribution in [0.15, 0.2) is 0 Å². The molecule has 88 valence electrons. The van der Waals surface area contributed by atoms with Crippen molar-refractivity contribution < 1.29 is 12.5 Å². The van der Waals surface area contributed by atoms with Crippen LogP contribution in [0.2, 0.25) is 0 Å². The minimum Gasteiger partial charge on any atom is -0.329 e. The molecule has 0 radical (unpaired) electrons. The van der Waals surface area contributed by atoms with Crippen LogP contribution in [0.5, 0.6) is 0 Å². The molecular formula is C8H22N2O3S. The molecule has 0 aromatic rings. The zero-order valence-electron chi connectivity index (χ0n) is 9.25. The number of rotatable bonds is 9. The summed E-state index contributed by atoms with van der Waals surface area (Å²) in [7, 11) is 3.05. The maximum Gasteiger partial charge on any atom is 0.0879 e. The number of nitrogens with two attached hydrogens (primary N) is 1. The van der Waals surface area contributed by atoms with Crippen LogP contribution >= 0.6 is 10.9 Å². The quantitative estimate of drug-likeness (QED) is 0.558. The van der Waals surface area contributed by atoms with Gasteiger partial charge in [-0.15, -0.1) is 0 Å². The molecule has 0 aromatic carbocycles. The summed E-state index contributed by atoms with van der Waals surface area (Å²) in [6, 6.07) is 0. The van der Waals surface area contributed by atoms with Crippen molar-refractivity contribution in [2.24, 2.45) is 5.73 Å². The van der Waals surface area contributed by atoms with Crippen LogP contribution in [0.1, 0.15) is 6.42 Å². The van der Waals surface area contributed by atoms with Crippen LogP contribution in [0.25, 0.3) is 0 Å². The minimum atomic E-state index is -1.77. The molecule has 0 atom stereocenters. The molecule has 0 spiro atoms. The summed E-state index contributed by atoms with van der Waals surface area (Å²) < 4.78 is 15.7. The molecule has 0 amide bonds. The minimum absolute atomic E-state index is 0.664. The second kappa shape index (κ2) is 8.46. The molecular weight excluding hydrogens is 204 g/mol. The highest BCUT2D eigenvalue weighted by Crippen LogP contribution is 2.49. The van der Waals surface area contributed by atoms with Crippen molar-refractivity contribution in [3.8, 4) is 0 Å². The van der Waals surface area contributed by atoms with Gasteiger partial charge in [-0.25, -0.2) is 0 Å². The third-order valence-electron chi connectivity index (χ3n) is 1.83. The zero-order chi connectivity index (χ0) is 10.9. The van der Waals surface area contributed by atoms with Crippen LogP contribution < -0.4 is 11.1 Å². The fourth-order valence-corrected chi connectivity index (χ4v) is 2.46. The van der Waals surface area contributed by atoms with Crippen molar-refractivity contribution >= 4 is 10.9 Å². The highest BCUT2D eigenvalue weighted by molar-refractivity contribution is 8.21. The first-order chi connectivity index (χ1) is 6.74. The molecule has 0 aliphatic rings. The average molecular weight is 226 g/mol. The lowest BCUT2D eigenvalue weighted by Gasteiger charge is -2.33. The van der Waals surface area contributed by atoms with Gasteiger partial charge in [-0.3, -0.25) is 12.5 Å². The first kappa shape index (κ1) is 14.2. The summed E-state index contributed by atoms with van der Waals surface area (Å²) in [6.07, 6.45) is 0.949. The van der Waals surface area contributed by atoms with E-state index < -0.39 is 10.9 Å². The Hall–Kier alpha value is 0.150. The van der Waals surface area contributed by atoms with Gasteiger partial charge in [0.1, 0.15) is 0 Å². The molecule has 0 saturated heterocycles. The monoisotopic (exact) mass is 226 g/mol. The van der Waals surface area contributed by atoms with E-state index in [-0.39, 0.29) is 0 Å². The summed E-state index contributed by atoms with van der Waals surface area (Å²) in [5.41, 5.74) is 5.34. The lowest BCUT2D eigenvalue weighted by molar-refractivity contribution is 0.247. The van der Waals surface area contributed by atoms with Crippen molar-refractivity contribution in [3.05, 3.63) is 0 Å². The smallest absolute Gasteiger partial charge is 0.0879 e. The zero-order valence-corrected chi connectivity index (χ0v) is 10.1. The fraction of sp³-hybridized carbons (Fsp3) is 1.00. The largest absolute Gasteiger partial charge is 0.329 e. The van der Waals surface area contributed by atoms with E-state index in [2.05, 4.69) is 5.32 Å². The highest BCUT2D eigenvalue weighted by Gasteiger charge is 2.21. The third kappa shape index (κ3) is 5.14. The lowest BCUT2D eigenvalue weighted by Crippen LogP contribution is -2.25. The summed E-state index contributed by atoms with van der Waals surface area (Å²) in [5, 5.41) is 3.20. The van der Waals surface area contributed by atoms with Gasteiger partial charge in [0.15, 0.2) is 0 Å². The Balaban J connectivity index is 3.61. The van der Waals surface area contributed by atoms with Crippen molar-refractivity contribution in [3.63, 3.8) is 0 Å². The Bertz CT molecular complexity index is 125. The molecule has 0 fully saturated rings. The molecule has 6 heteroatoms. The highest BCUT2D eigenvalue weighted by atomic mass is 32.3. The lowest BCUT2D eigenvalue weighted by atomic mass is 10.5. The molecule has 0 aliphatic heterocycles. The van der Waals surface area contributed by atoms with Crippen LogP contribution in [-0.4, -0.2) is 46.7 Å². The van der Waals surface area contributed by atoms with Crippen molar-refractivity contribution in [2.75, 3.05) is 46.7 Å². The van der Waals surface area contributed by atoms with Crippen molar-refractivity contribution in [2.45, 2.75) is 6.42 Å². The van der Waals surface area contributed by atoms with Crippen LogP contribution in [0.3, 0.4) is 0 Å². The van der Waals surface area contributed by atoms with Gasteiger partial charge in [-0.05, 0) is 13.0 Å². The predicted molar refractivity (Wildman–Crippen MR) is 60.0 cm³/mol. The Morgan fingerprint density at radius 3 is 2.07 bits per heavy atom. The standard InChI is InChI=1S/C8H22N2O3S/c1-11-14(12-2,13-3)8-4-6-10-7-5-9/h10H,4-9H2,1-3H3. The Morgan fingerprint density at radius 2 is 1.64 bits per heavy atom. The Morgan fingerprint density at radius 1 is 1.07 bits per heavy atom. The van der Waals surface area contributed by atoms with E-state index in [4.69, 9.17) is 18.3 Å². The van der Waals surface area contributed by atoms with Crippen molar-refractivity contribution in [1.29, 1.82) is 0 Å². The summed E-state index contributed by atoms with van der Waals surface area (Å²) in [6.45, 7) is 2.41. The summed E-state index contributed by atoms with van der Waals surface area (Å²) >= 11 is 0. The van der Waals surface area contributed by atoms with Crippen LogP contribution in [0.4, 0.5) is 0 Å². The van der Waals surface area contributed by atoms with E-state index in [1.807, 2.05) is 0 Å². The third-order valence-corrected chi connectivity index (χ3v) is 4.14. The van der Waals surface area contributed by atoms with E-state index in [1.165, 1.54) is 0 Å². The first-order valence-corrected chi connectivity index (χ1v) is 6.21. The van der Waals surface area contributed by atoms with E-state index in [0.717, 1.165) is 25.3 Å². The fourth-order valence-electron chi connectivity index (χ4n) is 1.06. The summed E-state index contributed by atoms with van der Waals surface area (Å²) in [4.78, 5) is 0. The van der Waals surface area contributed by atoms with Gasteiger partial charge in [-0.1, -0.05) is 0 Å². The van der Waals surface area contributed by atoms with E-state index in [9.17, 15) is 0 Å². The maximum absolute atomic E-state index is 5.34. The molecule has 0 bridgehead atoms. The van der Waals surface area contributed by atoms with Crippen LogP contribution in [0, 0.1) is 0 Å². The number of nitrogens with one attached hydrogen (secondary N) is 1. The van der Waals surface area contributed by atoms with Gasteiger partial charge in [0, 0.05) is 18.8 Å². The van der Waals surface area contributed by atoms with Gasteiger partial charge in [0.05, 0.1) is 32.2 Å². The molecule has 0 rings (SSSR count). The van der Waals surface area contributed by atoms with E-state index in [0.29, 0.717) is 6.54 Å². The molecule has 0 unspecified atom stereocenters. The molecule has 0 heterocycles. The van der Waals surface area contributed by atoms with Gasteiger partial charge in [0.25, 0.3) is 0 Å². The first-order valence-electron chi connectivity index (χ1n) is 4.63. The Kier molecular flexibility index (Phi) is 8.55. The van der Waals surface area contributed by atoms with E-state index >= 15 is 0 Å². The summed E-state index contributed by atoms with van der Waals surface area (Å²) in [5.74, 6) is 0.772. The average Bonchev–Trinajstić information content (AvgIpc) is 2.24. The second-order valence-electron chi connectivity index (χ2n) is 2.65.